The molecule has 1 unspecified atom stereocenters. The van der Waals surface area contributed by atoms with Crippen LogP contribution in [0.3, 0.4) is 0 Å². The van der Waals surface area contributed by atoms with Crippen LogP contribution >= 0.6 is 22.7 Å². The first-order valence-corrected chi connectivity index (χ1v) is 11.4. The van der Waals surface area contributed by atoms with Gasteiger partial charge >= 0.3 is 0 Å². The number of carbonyl (C=O) groups excluding carboxylic acids is 1. The number of sulfonamides is 1. The molecule has 1 N–H and O–H groups in total. The second-order valence-electron chi connectivity index (χ2n) is 6.31. The average molecular weight is 399 g/mol. The molecule has 5 nitrogen and oxygen atoms in total. The normalized spacial score (nSPS) is 19.0. The van der Waals surface area contributed by atoms with Gasteiger partial charge in [-0.05, 0) is 55.8 Å². The smallest absolute Gasteiger partial charge is 0.252 e. The van der Waals surface area contributed by atoms with E-state index < -0.39 is 10.0 Å². The molecule has 3 rings (SSSR count). The Morgan fingerprint density at radius 2 is 2.12 bits per heavy atom. The van der Waals surface area contributed by atoms with Gasteiger partial charge in [-0.15, -0.1) is 22.7 Å². The van der Waals surface area contributed by atoms with E-state index in [1.165, 1.54) is 21.2 Å². The van der Waals surface area contributed by atoms with Gasteiger partial charge in [0.25, 0.3) is 10.0 Å². The van der Waals surface area contributed by atoms with Crippen LogP contribution in [0, 0.1) is 19.8 Å². The molecule has 1 amide bonds. The number of amides is 1. The molecule has 1 atom stereocenters. The monoisotopic (exact) mass is 398 g/mol. The Labute approximate surface area is 156 Å². The van der Waals surface area contributed by atoms with E-state index in [1.54, 1.807) is 17.4 Å². The SMILES string of the molecule is Cc1ccc(S(=O)(=O)N2CCCC(C(=O)NCc3sccc3C)C2)s1. The van der Waals surface area contributed by atoms with Crippen LogP contribution in [-0.2, 0) is 21.4 Å². The first-order chi connectivity index (χ1) is 11.9. The highest BCUT2D eigenvalue weighted by molar-refractivity contribution is 7.91. The molecule has 0 radical (unpaired) electrons. The van der Waals surface area contributed by atoms with Gasteiger partial charge in [0.2, 0.25) is 5.91 Å². The summed E-state index contributed by atoms with van der Waals surface area (Å²) in [6.45, 7) is 5.16. The van der Waals surface area contributed by atoms with Crippen LogP contribution in [-0.4, -0.2) is 31.7 Å². The van der Waals surface area contributed by atoms with E-state index in [0.29, 0.717) is 23.7 Å². The summed E-state index contributed by atoms with van der Waals surface area (Å²) >= 11 is 2.90. The molecule has 0 spiro atoms. The molecule has 136 valence electrons. The van der Waals surface area contributed by atoms with Crippen molar-refractivity contribution in [1.82, 2.24) is 9.62 Å². The summed E-state index contributed by atoms with van der Waals surface area (Å²) in [5, 5.41) is 4.97. The first-order valence-electron chi connectivity index (χ1n) is 8.25. The highest BCUT2D eigenvalue weighted by atomic mass is 32.2. The number of carbonyl (C=O) groups is 1. The lowest BCUT2D eigenvalue weighted by Gasteiger charge is -2.30. The van der Waals surface area contributed by atoms with Gasteiger partial charge in [0.1, 0.15) is 4.21 Å². The van der Waals surface area contributed by atoms with Crippen molar-refractivity contribution in [3.05, 3.63) is 38.9 Å². The van der Waals surface area contributed by atoms with E-state index in [4.69, 9.17) is 0 Å². The van der Waals surface area contributed by atoms with Crippen molar-refractivity contribution in [2.75, 3.05) is 13.1 Å². The number of hydrogen-bond donors (Lipinski definition) is 1. The molecule has 2 aromatic rings. The Kier molecular flexibility index (Phi) is 5.62. The van der Waals surface area contributed by atoms with Crippen LogP contribution in [0.1, 0.15) is 28.2 Å². The second-order valence-corrected chi connectivity index (χ2v) is 10.8. The van der Waals surface area contributed by atoms with Crippen molar-refractivity contribution in [1.29, 1.82) is 0 Å². The summed E-state index contributed by atoms with van der Waals surface area (Å²) in [5.41, 5.74) is 1.17. The number of nitrogens with zero attached hydrogens (tertiary/aromatic N) is 1. The predicted octanol–water partition coefficient (Wildman–Crippen LogP) is 3.14. The van der Waals surface area contributed by atoms with Gasteiger partial charge in [0.05, 0.1) is 12.5 Å². The average Bonchev–Trinajstić information content (AvgIpc) is 3.21. The van der Waals surface area contributed by atoms with Crippen molar-refractivity contribution >= 4 is 38.6 Å². The van der Waals surface area contributed by atoms with E-state index in [-0.39, 0.29) is 18.4 Å². The summed E-state index contributed by atoms with van der Waals surface area (Å²) < 4.78 is 27.4. The number of thiophene rings is 2. The largest absolute Gasteiger partial charge is 0.351 e. The van der Waals surface area contributed by atoms with Gasteiger partial charge in [-0.2, -0.15) is 4.31 Å². The van der Waals surface area contributed by atoms with Crippen LogP contribution in [0.2, 0.25) is 0 Å². The van der Waals surface area contributed by atoms with Crippen molar-refractivity contribution in [2.24, 2.45) is 5.92 Å². The fourth-order valence-electron chi connectivity index (χ4n) is 2.95. The zero-order valence-electron chi connectivity index (χ0n) is 14.3. The molecule has 0 bridgehead atoms. The molecular formula is C17H22N2O3S3. The number of aryl methyl sites for hydroxylation is 2. The van der Waals surface area contributed by atoms with E-state index in [2.05, 4.69) is 5.32 Å². The van der Waals surface area contributed by atoms with Crippen LogP contribution in [0.5, 0.6) is 0 Å². The fourth-order valence-corrected chi connectivity index (χ4v) is 6.76. The molecule has 1 aliphatic heterocycles. The number of hydrogen-bond acceptors (Lipinski definition) is 5. The Morgan fingerprint density at radius 3 is 2.76 bits per heavy atom. The van der Waals surface area contributed by atoms with Gasteiger partial charge in [0, 0.05) is 22.8 Å². The van der Waals surface area contributed by atoms with Crippen molar-refractivity contribution in [2.45, 2.75) is 37.4 Å². The van der Waals surface area contributed by atoms with E-state index >= 15 is 0 Å². The van der Waals surface area contributed by atoms with E-state index in [0.717, 1.165) is 16.2 Å². The topological polar surface area (TPSA) is 66.5 Å². The lowest BCUT2D eigenvalue weighted by Crippen LogP contribution is -2.45. The minimum atomic E-state index is -3.50. The van der Waals surface area contributed by atoms with Gasteiger partial charge in [0.15, 0.2) is 0 Å². The predicted molar refractivity (Wildman–Crippen MR) is 101 cm³/mol. The van der Waals surface area contributed by atoms with Crippen LogP contribution in [0.25, 0.3) is 0 Å². The molecule has 25 heavy (non-hydrogen) atoms. The number of rotatable bonds is 5. The molecule has 2 aromatic heterocycles. The Morgan fingerprint density at radius 1 is 1.32 bits per heavy atom. The van der Waals surface area contributed by atoms with Crippen LogP contribution in [0.15, 0.2) is 27.8 Å². The molecule has 0 aliphatic carbocycles. The van der Waals surface area contributed by atoms with E-state index in [1.807, 2.05) is 31.4 Å². The zero-order valence-corrected chi connectivity index (χ0v) is 16.8. The van der Waals surface area contributed by atoms with Crippen molar-refractivity contribution in [3.63, 3.8) is 0 Å². The Hall–Kier alpha value is -1.22. The third kappa shape index (κ3) is 4.13. The van der Waals surface area contributed by atoms with Crippen LogP contribution < -0.4 is 5.32 Å². The van der Waals surface area contributed by atoms with Gasteiger partial charge in [-0.3, -0.25) is 4.79 Å². The van der Waals surface area contributed by atoms with Crippen molar-refractivity contribution < 1.29 is 13.2 Å². The lowest BCUT2D eigenvalue weighted by atomic mass is 9.99. The maximum atomic E-state index is 12.8. The molecule has 8 heteroatoms. The maximum absolute atomic E-state index is 12.8. The minimum absolute atomic E-state index is 0.0601. The lowest BCUT2D eigenvalue weighted by molar-refractivity contribution is -0.126. The summed E-state index contributed by atoms with van der Waals surface area (Å²) in [5.74, 6) is -0.347. The number of piperidine rings is 1. The maximum Gasteiger partial charge on any atom is 0.252 e. The zero-order chi connectivity index (χ0) is 18.0. The van der Waals surface area contributed by atoms with Gasteiger partial charge in [-0.25, -0.2) is 8.42 Å². The van der Waals surface area contributed by atoms with Crippen LogP contribution in [0.4, 0.5) is 0 Å². The molecule has 1 saturated heterocycles. The summed E-state index contributed by atoms with van der Waals surface area (Å²) in [7, 11) is -3.50. The van der Waals surface area contributed by atoms with Gasteiger partial charge in [-0.1, -0.05) is 0 Å². The minimum Gasteiger partial charge on any atom is -0.351 e. The van der Waals surface area contributed by atoms with Crippen molar-refractivity contribution in [3.8, 4) is 0 Å². The molecular weight excluding hydrogens is 376 g/mol. The molecule has 1 aliphatic rings. The molecule has 0 saturated carbocycles. The van der Waals surface area contributed by atoms with Gasteiger partial charge < -0.3 is 5.32 Å². The Bertz CT molecular complexity index is 854. The first kappa shape index (κ1) is 18.6. The standard InChI is InChI=1S/C17H22N2O3S3/c1-12-7-9-23-15(12)10-18-17(20)14-4-3-8-19(11-14)25(21,22)16-6-5-13(2)24-16/h5-7,9,14H,3-4,8,10-11H2,1-2H3,(H,18,20). The molecule has 0 aromatic carbocycles. The highest BCUT2D eigenvalue weighted by Crippen LogP contribution is 2.28. The molecule has 1 fully saturated rings. The third-order valence-electron chi connectivity index (χ3n) is 4.46. The summed E-state index contributed by atoms with van der Waals surface area (Å²) in [6, 6.07) is 5.50. The van der Waals surface area contributed by atoms with E-state index in [9.17, 15) is 13.2 Å². The fraction of sp³-hybridized carbons (Fsp3) is 0.471. The third-order valence-corrected chi connectivity index (χ3v) is 8.81. The summed E-state index contributed by atoms with van der Waals surface area (Å²) in [6.07, 6.45) is 1.43. The Balaban J connectivity index is 1.64. The number of nitrogens with one attached hydrogen (secondary N) is 1. The molecule has 3 heterocycles. The second kappa shape index (κ2) is 7.57. The quantitative estimate of drug-likeness (QED) is 0.841. The highest BCUT2D eigenvalue weighted by Gasteiger charge is 2.33. The summed E-state index contributed by atoms with van der Waals surface area (Å²) in [4.78, 5) is 14.6.